The van der Waals surface area contributed by atoms with E-state index in [0.29, 0.717) is 18.9 Å². The molecule has 12 heavy (non-hydrogen) atoms. The van der Waals surface area contributed by atoms with Gasteiger partial charge in [0.25, 0.3) is 0 Å². The summed E-state index contributed by atoms with van der Waals surface area (Å²) in [5.41, 5.74) is 0. The van der Waals surface area contributed by atoms with Crippen molar-refractivity contribution in [1.29, 1.82) is 0 Å². The van der Waals surface area contributed by atoms with Gasteiger partial charge in [0.05, 0.1) is 0 Å². The number of nitrogens with zero attached hydrogens (tertiary/aromatic N) is 1. The van der Waals surface area contributed by atoms with Crippen molar-refractivity contribution in [3.05, 3.63) is 0 Å². The molecule has 1 aliphatic heterocycles. The van der Waals surface area contributed by atoms with E-state index in [1.54, 1.807) is 0 Å². The second-order valence-corrected chi connectivity index (χ2v) is 3.42. The molecular weight excluding hydrogens is 154 g/mol. The van der Waals surface area contributed by atoms with Gasteiger partial charge in [0.2, 0.25) is 0 Å². The number of aldehydes is 1. The minimum Gasteiger partial charge on any atom is -0.396 e. The van der Waals surface area contributed by atoms with E-state index in [1.807, 2.05) is 0 Å². The average molecular weight is 171 g/mol. The van der Waals surface area contributed by atoms with Crippen molar-refractivity contribution in [2.24, 2.45) is 5.92 Å². The van der Waals surface area contributed by atoms with Crippen LogP contribution in [0.15, 0.2) is 0 Å². The maximum Gasteiger partial charge on any atom is 0.121 e. The van der Waals surface area contributed by atoms with Crippen molar-refractivity contribution in [2.75, 3.05) is 26.2 Å². The molecule has 1 atom stereocenters. The third-order valence-corrected chi connectivity index (χ3v) is 2.47. The Hall–Kier alpha value is -0.410. The third-order valence-electron chi connectivity index (χ3n) is 2.47. The minimum atomic E-state index is 0.298. The molecule has 1 heterocycles. The van der Waals surface area contributed by atoms with Gasteiger partial charge in [-0.1, -0.05) is 0 Å². The molecule has 1 aliphatic rings. The highest BCUT2D eigenvalue weighted by molar-refractivity contribution is 5.49. The summed E-state index contributed by atoms with van der Waals surface area (Å²) in [6, 6.07) is 0. The van der Waals surface area contributed by atoms with Crippen LogP contribution in [-0.2, 0) is 4.79 Å². The van der Waals surface area contributed by atoms with Gasteiger partial charge in [-0.3, -0.25) is 0 Å². The molecule has 0 aromatic carbocycles. The van der Waals surface area contributed by atoms with E-state index in [4.69, 9.17) is 5.11 Å². The van der Waals surface area contributed by atoms with Gasteiger partial charge in [-0.15, -0.1) is 0 Å². The average Bonchev–Trinajstić information content (AvgIpc) is 2.50. The standard InChI is InChI=1S/C9H17NO2/c11-6-1-4-10-5-2-9(8-10)3-7-12/h6,9,12H,1-5,7-8H2. The van der Waals surface area contributed by atoms with E-state index in [1.165, 1.54) is 6.42 Å². The zero-order valence-corrected chi connectivity index (χ0v) is 7.41. The van der Waals surface area contributed by atoms with Crippen LogP contribution in [-0.4, -0.2) is 42.5 Å². The number of likely N-dealkylation sites (tertiary alicyclic amines) is 1. The maximum atomic E-state index is 10.1. The summed E-state index contributed by atoms with van der Waals surface area (Å²) in [5, 5.41) is 8.71. The van der Waals surface area contributed by atoms with Crippen LogP contribution in [0.2, 0.25) is 0 Å². The Kier molecular flexibility index (Phi) is 4.25. The monoisotopic (exact) mass is 171 g/mol. The molecule has 1 unspecified atom stereocenters. The molecule has 1 N–H and O–H groups in total. The number of carbonyl (C=O) groups excluding carboxylic acids is 1. The van der Waals surface area contributed by atoms with Gasteiger partial charge in [0.15, 0.2) is 0 Å². The van der Waals surface area contributed by atoms with E-state index in [0.717, 1.165) is 32.3 Å². The smallest absolute Gasteiger partial charge is 0.121 e. The number of hydrogen-bond donors (Lipinski definition) is 1. The van der Waals surface area contributed by atoms with Crippen molar-refractivity contribution in [2.45, 2.75) is 19.3 Å². The predicted octanol–water partition coefficient (Wildman–Crippen LogP) is 0.280. The lowest BCUT2D eigenvalue weighted by molar-refractivity contribution is -0.108. The Labute approximate surface area is 73.4 Å². The minimum absolute atomic E-state index is 0.298. The van der Waals surface area contributed by atoms with Crippen LogP contribution in [0, 0.1) is 5.92 Å². The summed E-state index contributed by atoms with van der Waals surface area (Å²) in [6.45, 7) is 3.35. The quantitative estimate of drug-likeness (QED) is 0.604. The van der Waals surface area contributed by atoms with Crippen molar-refractivity contribution in [1.82, 2.24) is 4.90 Å². The van der Waals surface area contributed by atoms with Crippen molar-refractivity contribution >= 4 is 6.29 Å². The summed E-state index contributed by atoms with van der Waals surface area (Å²) in [6.07, 6.45) is 3.71. The Balaban J connectivity index is 2.12. The Morgan fingerprint density at radius 3 is 3.08 bits per heavy atom. The second kappa shape index (κ2) is 5.27. The van der Waals surface area contributed by atoms with E-state index >= 15 is 0 Å². The first-order valence-corrected chi connectivity index (χ1v) is 4.63. The fraction of sp³-hybridized carbons (Fsp3) is 0.889. The molecule has 70 valence electrons. The zero-order valence-electron chi connectivity index (χ0n) is 7.41. The first kappa shape index (κ1) is 9.68. The normalized spacial score (nSPS) is 24.6. The summed E-state index contributed by atoms with van der Waals surface area (Å²) >= 11 is 0. The predicted molar refractivity (Wildman–Crippen MR) is 46.9 cm³/mol. The largest absolute Gasteiger partial charge is 0.396 e. The van der Waals surface area contributed by atoms with Gasteiger partial charge in [0.1, 0.15) is 6.29 Å². The lowest BCUT2D eigenvalue weighted by Gasteiger charge is -2.13. The van der Waals surface area contributed by atoms with Crippen molar-refractivity contribution in [3.8, 4) is 0 Å². The van der Waals surface area contributed by atoms with Crippen LogP contribution in [0.1, 0.15) is 19.3 Å². The van der Waals surface area contributed by atoms with Gasteiger partial charge < -0.3 is 14.8 Å². The van der Waals surface area contributed by atoms with Crippen molar-refractivity contribution < 1.29 is 9.90 Å². The molecule has 0 amide bonds. The SMILES string of the molecule is O=CCCN1CCC(CCO)C1. The van der Waals surface area contributed by atoms with Crippen LogP contribution in [0.25, 0.3) is 0 Å². The third kappa shape index (κ3) is 2.91. The van der Waals surface area contributed by atoms with Gasteiger partial charge in [-0.25, -0.2) is 0 Å². The Morgan fingerprint density at radius 2 is 2.42 bits per heavy atom. The van der Waals surface area contributed by atoms with Crippen LogP contribution in [0.3, 0.4) is 0 Å². The molecule has 0 aromatic heterocycles. The number of aliphatic hydroxyl groups is 1. The van der Waals surface area contributed by atoms with E-state index in [9.17, 15) is 4.79 Å². The fourth-order valence-corrected chi connectivity index (χ4v) is 1.77. The van der Waals surface area contributed by atoms with Crippen LogP contribution >= 0.6 is 0 Å². The lowest BCUT2D eigenvalue weighted by Crippen LogP contribution is -2.22. The highest BCUT2D eigenvalue weighted by atomic mass is 16.3. The summed E-state index contributed by atoms with van der Waals surface area (Å²) < 4.78 is 0. The number of rotatable bonds is 5. The topological polar surface area (TPSA) is 40.5 Å². The Bertz CT molecular complexity index is 138. The summed E-state index contributed by atoms with van der Waals surface area (Å²) in [4.78, 5) is 12.4. The van der Waals surface area contributed by atoms with E-state index < -0.39 is 0 Å². The van der Waals surface area contributed by atoms with Crippen LogP contribution < -0.4 is 0 Å². The second-order valence-electron chi connectivity index (χ2n) is 3.42. The highest BCUT2D eigenvalue weighted by Gasteiger charge is 2.20. The number of hydrogen-bond acceptors (Lipinski definition) is 3. The van der Waals surface area contributed by atoms with E-state index in [-0.39, 0.29) is 0 Å². The summed E-state index contributed by atoms with van der Waals surface area (Å²) in [5.74, 6) is 0.654. The molecule has 1 fully saturated rings. The maximum absolute atomic E-state index is 10.1. The first-order chi connectivity index (χ1) is 5.86. The molecule has 0 aromatic rings. The molecule has 0 spiro atoms. The molecule has 1 rings (SSSR count). The van der Waals surface area contributed by atoms with Gasteiger partial charge in [0, 0.05) is 26.1 Å². The van der Waals surface area contributed by atoms with Gasteiger partial charge in [-0.05, 0) is 25.3 Å². The Morgan fingerprint density at radius 1 is 1.58 bits per heavy atom. The molecule has 0 saturated carbocycles. The molecule has 3 nitrogen and oxygen atoms in total. The molecular formula is C9H17NO2. The van der Waals surface area contributed by atoms with Crippen molar-refractivity contribution in [3.63, 3.8) is 0 Å². The first-order valence-electron chi connectivity index (χ1n) is 4.63. The molecule has 3 heteroatoms. The zero-order chi connectivity index (χ0) is 8.81. The molecule has 0 aliphatic carbocycles. The molecule has 0 bridgehead atoms. The van der Waals surface area contributed by atoms with E-state index in [2.05, 4.69) is 4.90 Å². The summed E-state index contributed by atoms with van der Waals surface area (Å²) in [7, 11) is 0. The van der Waals surface area contributed by atoms with Crippen LogP contribution in [0.5, 0.6) is 0 Å². The lowest BCUT2D eigenvalue weighted by atomic mass is 10.1. The van der Waals surface area contributed by atoms with Gasteiger partial charge in [-0.2, -0.15) is 0 Å². The highest BCUT2D eigenvalue weighted by Crippen LogP contribution is 2.18. The molecule has 1 saturated heterocycles. The van der Waals surface area contributed by atoms with Gasteiger partial charge >= 0.3 is 0 Å². The molecule has 0 radical (unpaired) electrons. The fourth-order valence-electron chi connectivity index (χ4n) is 1.77. The number of aliphatic hydroxyl groups excluding tert-OH is 1. The van der Waals surface area contributed by atoms with Crippen LogP contribution in [0.4, 0.5) is 0 Å². The number of carbonyl (C=O) groups is 1.